The van der Waals surface area contributed by atoms with Crippen LogP contribution in [0.2, 0.25) is 5.02 Å². The van der Waals surface area contributed by atoms with Crippen molar-refractivity contribution in [2.24, 2.45) is 0 Å². The van der Waals surface area contributed by atoms with E-state index in [1.165, 1.54) is 0 Å². The number of hydrogen-bond acceptors (Lipinski definition) is 4. The molecule has 4 nitrogen and oxygen atoms in total. The molecule has 0 radical (unpaired) electrons. The molecule has 0 spiro atoms. The van der Waals surface area contributed by atoms with Crippen LogP contribution in [-0.4, -0.2) is 40.1 Å². The highest BCUT2D eigenvalue weighted by Crippen LogP contribution is 2.31. The molecule has 1 fully saturated rings. The first kappa shape index (κ1) is 13.6. The molecule has 1 saturated heterocycles. The van der Waals surface area contributed by atoms with Crippen LogP contribution < -0.4 is 10.2 Å². The molecule has 0 atom stereocenters. The average Bonchev–Trinajstić information content (AvgIpc) is 2.31. The quantitative estimate of drug-likeness (QED) is 0.911. The number of nitrogens with zero attached hydrogens (tertiary/aromatic N) is 1. The molecule has 6 heteroatoms. The molecule has 0 saturated carbocycles. The van der Waals surface area contributed by atoms with Crippen molar-refractivity contribution in [3.05, 3.63) is 28.8 Å². The molecule has 18 heavy (non-hydrogen) atoms. The second-order valence-corrected chi connectivity index (χ2v) is 7.13. The SMILES string of the molecule is CNCc1cccc(Cl)c1N1CCS(=O)(=O)CC1. The van der Waals surface area contributed by atoms with Gasteiger partial charge in [-0.15, -0.1) is 0 Å². The Hall–Kier alpha value is -0.780. The van der Waals surface area contributed by atoms with Gasteiger partial charge in [-0.05, 0) is 18.7 Å². The number of para-hydroxylation sites is 1. The summed E-state index contributed by atoms with van der Waals surface area (Å²) in [6, 6.07) is 5.78. The van der Waals surface area contributed by atoms with Crippen molar-refractivity contribution in [3.8, 4) is 0 Å². The first-order valence-corrected chi connectivity index (χ1v) is 8.11. The maximum absolute atomic E-state index is 11.5. The van der Waals surface area contributed by atoms with Gasteiger partial charge in [-0.1, -0.05) is 23.7 Å². The third kappa shape index (κ3) is 2.96. The van der Waals surface area contributed by atoms with E-state index in [1.807, 2.05) is 25.2 Å². The molecular formula is C12H17ClN2O2S. The molecule has 0 unspecified atom stereocenters. The Labute approximate surface area is 113 Å². The Balaban J connectivity index is 2.28. The largest absolute Gasteiger partial charge is 0.368 e. The lowest BCUT2D eigenvalue weighted by atomic mass is 10.1. The Morgan fingerprint density at radius 2 is 2.00 bits per heavy atom. The van der Waals surface area contributed by atoms with Crippen LogP contribution in [0.4, 0.5) is 5.69 Å². The van der Waals surface area contributed by atoms with Crippen LogP contribution in [0.1, 0.15) is 5.56 Å². The minimum atomic E-state index is -2.86. The number of halogens is 1. The van der Waals surface area contributed by atoms with Crippen LogP contribution >= 0.6 is 11.6 Å². The normalized spacial score (nSPS) is 18.9. The fraction of sp³-hybridized carbons (Fsp3) is 0.500. The van der Waals surface area contributed by atoms with E-state index in [0.29, 0.717) is 18.1 Å². The molecule has 1 aliphatic rings. The summed E-state index contributed by atoms with van der Waals surface area (Å²) in [6.07, 6.45) is 0. The molecule has 0 aliphatic carbocycles. The molecule has 1 aromatic rings. The zero-order valence-corrected chi connectivity index (χ0v) is 11.9. The van der Waals surface area contributed by atoms with Crippen LogP contribution in [0.5, 0.6) is 0 Å². The minimum absolute atomic E-state index is 0.206. The molecule has 1 heterocycles. The lowest BCUT2D eigenvalue weighted by molar-refractivity contribution is 0.586. The van der Waals surface area contributed by atoms with E-state index >= 15 is 0 Å². The number of rotatable bonds is 3. The molecule has 0 bridgehead atoms. The van der Waals surface area contributed by atoms with E-state index in [0.717, 1.165) is 17.8 Å². The first-order valence-electron chi connectivity index (χ1n) is 5.91. The van der Waals surface area contributed by atoms with Crippen LogP contribution in [0.25, 0.3) is 0 Å². The molecule has 1 aromatic carbocycles. The molecule has 2 rings (SSSR count). The van der Waals surface area contributed by atoms with Gasteiger partial charge < -0.3 is 10.2 Å². The van der Waals surface area contributed by atoms with Crippen LogP contribution in [0.3, 0.4) is 0 Å². The smallest absolute Gasteiger partial charge is 0.153 e. The van der Waals surface area contributed by atoms with E-state index in [2.05, 4.69) is 10.2 Å². The van der Waals surface area contributed by atoms with Crippen molar-refractivity contribution in [1.82, 2.24) is 5.32 Å². The molecule has 1 aliphatic heterocycles. The standard InChI is InChI=1S/C12H17ClN2O2S/c1-14-9-10-3-2-4-11(13)12(10)15-5-7-18(16,17)8-6-15/h2-4,14H,5-9H2,1H3. The van der Waals surface area contributed by atoms with Gasteiger partial charge >= 0.3 is 0 Å². The lowest BCUT2D eigenvalue weighted by Crippen LogP contribution is -2.41. The summed E-state index contributed by atoms with van der Waals surface area (Å²) in [5.41, 5.74) is 2.06. The molecule has 0 aromatic heterocycles. The number of benzene rings is 1. The van der Waals surface area contributed by atoms with Gasteiger partial charge in [0.25, 0.3) is 0 Å². The highest BCUT2D eigenvalue weighted by Gasteiger charge is 2.24. The zero-order chi connectivity index (χ0) is 13.2. The number of nitrogens with one attached hydrogen (secondary N) is 1. The van der Waals surface area contributed by atoms with E-state index in [-0.39, 0.29) is 11.5 Å². The van der Waals surface area contributed by atoms with Crippen LogP contribution in [0, 0.1) is 0 Å². The summed E-state index contributed by atoms with van der Waals surface area (Å²) in [5, 5.41) is 3.79. The van der Waals surface area contributed by atoms with Gasteiger partial charge in [-0.25, -0.2) is 8.42 Å². The Bertz CT molecular complexity index is 517. The molecule has 0 amide bonds. The summed E-state index contributed by atoms with van der Waals surface area (Å²) >= 11 is 6.25. The van der Waals surface area contributed by atoms with Crippen LogP contribution in [-0.2, 0) is 16.4 Å². The number of anilines is 1. The Morgan fingerprint density at radius 3 is 2.61 bits per heavy atom. The van der Waals surface area contributed by atoms with Gasteiger partial charge in [0, 0.05) is 19.6 Å². The number of hydrogen-bond donors (Lipinski definition) is 1. The second kappa shape index (κ2) is 5.47. The third-order valence-corrected chi connectivity index (χ3v) is 5.01. The van der Waals surface area contributed by atoms with Gasteiger partial charge in [0.15, 0.2) is 9.84 Å². The molecular weight excluding hydrogens is 272 g/mol. The molecule has 1 N–H and O–H groups in total. The fourth-order valence-electron chi connectivity index (χ4n) is 2.18. The molecule has 100 valence electrons. The van der Waals surface area contributed by atoms with Crippen molar-refractivity contribution in [2.45, 2.75) is 6.54 Å². The summed E-state index contributed by atoms with van der Waals surface area (Å²) in [4.78, 5) is 2.07. The highest BCUT2D eigenvalue weighted by atomic mass is 35.5. The zero-order valence-electron chi connectivity index (χ0n) is 10.3. The van der Waals surface area contributed by atoms with E-state index in [4.69, 9.17) is 11.6 Å². The fourth-order valence-corrected chi connectivity index (χ4v) is 3.70. The summed E-state index contributed by atoms with van der Waals surface area (Å²) < 4.78 is 22.9. The number of sulfone groups is 1. The second-order valence-electron chi connectivity index (χ2n) is 4.42. The van der Waals surface area contributed by atoms with Gasteiger partial charge in [0.1, 0.15) is 0 Å². The van der Waals surface area contributed by atoms with Crippen molar-refractivity contribution in [3.63, 3.8) is 0 Å². The summed E-state index contributed by atoms with van der Waals surface area (Å²) in [6.45, 7) is 1.75. The van der Waals surface area contributed by atoms with Crippen molar-refractivity contribution >= 4 is 27.1 Å². The maximum Gasteiger partial charge on any atom is 0.153 e. The topological polar surface area (TPSA) is 49.4 Å². The van der Waals surface area contributed by atoms with Gasteiger partial charge in [-0.3, -0.25) is 0 Å². The van der Waals surface area contributed by atoms with Gasteiger partial charge in [0.2, 0.25) is 0 Å². The van der Waals surface area contributed by atoms with E-state index in [1.54, 1.807) is 0 Å². The van der Waals surface area contributed by atoms with E-state index in [9.17, 15) is 8.42 Å². The Morgan fingerprint density at radius 1 is 1.33 bits per heavy atom. The summed E-state index contributed by atoms with van der Waals surface area (Å²) in [5.74, 6) is 0.411. The van der Waals surface area contributed by atoms with Crippen molar-refractivity contribution < 1.29 is 8.42 Å². The van der Waals surface area contributed by atoms with Crippen molar-refractivity contribution in [2.75, 3.05) is 36.5 Å². The predicted molar refractivity (Wildman–Crippen MR) is 75.1 cm³/mol. The monoisotopic (exact) mass is 288 g/mol. The maximum atomic E-state index is 11.5. The lowest BCUT2D eigenvalue weighted by Gasteiger charge is -2.31. The first-order chi connectivity index (χ1) is 8.53. The average molecular weight is 289 g/mol. The predicted octanol–water partition coefficient (Wildman–Crippen LogP) is 1.29. The van der Waals surface area contributed by atoms with Crippen LogP contribution in [0.15, 0.2) is 18.2 Å². The Kier molecular flexibility index (Phi) is 4.14. The van der Waals surface area contributed by atoms with Gasteiger partial charge in [-0.2, -0.15) is 0 Å². The third-order valence-electron chi connectivity index (χ3n) is 3.10. The minimum Gasteiger partial charge on any atom is -0.368 e. The van der Waals surface area contributed by atoms with Crippen molar-refractivity contribution in [1.29, 1.82) is 0 Å². The summed E-state index contributed by atoms with van der Waals surface area (Å²) in [7, 11) is -0.982. The highest BCUT2D eigenvalue weighted by molar-refractivity contribution is 7.91. The van der Waals surface area contributed by atoms with Gasteiger partial charge in [0.05, 0.1) is 22.2 Å². The van der Waals surface area contributed by atoms with E-state index < -0.39 is 9.84 Å².